The van der Waals surface area contributed by atoms with Gasteiger partial charge in [0.05, 0.1) is 21.6 Å². The second-order valence-electron chi connectivity index (χ2n) is 11.6. The van der Waals surface area contributed by atoms with Gasteiger partial charge in [-0.2, -0.15) is 0 Å². The Bertz CT molecular complexity index is 2820. The molecule has 0 unspecified atom stereocenters. The standard InChI is InChI=1S/C41H25N3S2/c1-24-12-2-4-14-26(24)38-30-18-8-10-20-32(30)42-41(43-38)44-39-37(36-27-15-5-3-13-25(27)22-23-34(36)46-44)29-17-7-6-16-28(29)35-31-19-9-11-21-33(31)45-40(35)39/h2-23H,1H3/i1D3. The Morgan fingerprint density at radius 2 is 1.33 bits per heavy atom. The molecule has 1 aliphatic rings. The number of nitrogens with zero attached hydrogens (tertiary/aromatic N) is 3. The SMILES string of the molecule is [2H]C([2H])([2H])c1ccccc1-c1nc(N2Sc3ccc4ccccc4c3-c3c2c2sc4ccccc4c2c2ccccc32)nc2ccccc12. The number of aryl methyl sites for hydroxylation is 1. The first kappa shape index (κ1) is 23.2. The van der Waals surface area contributed by atoms with Crippen LogP contribution in [0.5, 0.6) is 0 Å². The Hall–Kier alpha value is -5.23. The number of hydrogen-bond donors (Lipinski definition) is 0. The van der Waals surface area contributed by atoms with Crippen LogP contribution in [0.1, 0.15) is 9.68 Å². The molecule has 0 saturated heterocycles. The topological polar surface area (TPSA) is 29.0 Å². The van der Waals surface area contributed by atoms with Gasteiger partial charge in [0.1, 0.15) is 0 Å². The van der Waals surface area contributed by atoms with Crippen LogP contribution in [0.2, 0.25) is 0 Å². The van der Waals surface area contributed by atoms with Gasteiger partial charge in [-0.25, -0.2) is 14.3 Å². The molecule has 0 fully saturated rings. The van der Waals surface area contributed by atoms with Crippen LogP contribution < -0.4 is 4.31 Å². The lowest BCUT2D eigenvalue weighted by atomic mass is 9.90. The predicted molar refractivity (Wildman–Crippen MR) is 197 cm³/mol. The highest BCUT2D eigenvalue weighted by Gasteiger charge is 2.33. The molecular weight excluding hydrogens is 599 g/mol. The van der Waals surface area contributed by atoms with E-state index in [0.717, 1.165) is 27.0 Å². The maximum atomic E-state index is 8.36. The van der Waals surface area contributed by atoms with Gasteiger partial charge in [0.25, 0.3) is 0 Å². The summed E-state index contributed by atoms with van der Waals surface area (Å²) in [6.45, 7) is -2.31. The number of thiophene rings is 1. The van der Waals surface area contributed by atoms with E-state index in [4.69, 9.17) is 14.1 Å². The van der Waals surface area contributed by atoms with Crippen LogP contribution in [0.15, 0.2) is 138 Å². The minimum absolute atomic E-state index is 0.270. The largest absolute Gasteiger partial charge is 0.246 e. The van der Waals surface area contributed by atoms with Gasteiger partial charge in [-0.15, -0.1) is 11.3 Å². The van der Waals surface area contributed by atoms with E-state index in [-0.39, 0.29) is 5.56 Å². The zero-order chi connectivity index (χ0) is 32.9. The van der Waals surface area contributed by atoms with Gasteiger partial charge in [0.2, 0.25) is 5.95 Å². The van der Waals surface area contributed by atoms with E-state index < -0.39 is 6.85 Å². The van der Waals surface area contributed by atoms with Crippen LogP contribution in [0.4, 0.5) is 11.6 Å². The van der Waals surface area contributed by atoms with Crippen molar-refractivity contribution in [3.63, 3.8) is 0 Å². The zero-order valence-electron chi connectivity index (χ0n) is 27.4. The number of aromatic nitrogens is 2. The van der Waals surface area contributed by atoms with E-state index in [1.807, 2.05) is 36.4 Å². The zero-order valence-corrected chi connectivity index (χ0v) is 26.0. The third-order valence-electron chi connectivity index (χ3n) is 9.00. The van der Waals surface area contributed by atoms with E-state index in [9.17, 15) is 0 Å². The number of fused-ring (bicyclic) bond motifs is 13. The molecule has 216 valence electrons. The van der Waals surface area contributed by atoms with Gasteiger partial charge in [0.15, 0.2) is 0 Å². The number of anilines is 2. The highest BCUT2D eigenvalue weighted by Crippen LogP contribution is 2.59. The summed E-state index contributed by atoms with van der Waals surface area (Å²) in [6, 6.07) is 45.4. The van der Waals surface area contributed by atoms with Gasteiger partial charge in [0, 0.05) is 46.6 Å². The van der Waals surface area contributed by atoms with Crippen molar-refractivity contribution in [2.45, 2.75) is 11.7 Å². The summed E-state index contributed by atoms with van der Waals surface area (Å²) in [5.74, 6) is 0.508. The van der Waals surface area contributed by atoms with Crippen LogP contribution in [-0.4, -0.2) is 9.97 Å². The van der Waals surface area contributed by atoms with Crippen molar-refractivity contribution in [2.24, 2.45) is 0 Å². The molecule has 0 spiro atoms. The Labute approximate surface area is 278 Å². The molecule has 0 radical (unpaired) electrons. The molecule has 0 atom stereocenters. The maximum Gasteiger partial charge on any atom is 0.241 e. The first-order chi connectivity index (χ1) is 24.0. The normalized spacial score (nSPS) is 14.0. The molecule has 0 aliphatic carbocycles. The summed E-state index contributed by atoms with van der Waals surface area (Å²) >= 11 is 3.42. The minimum Gasteiger partial charge on any atom is -0.246 e. The highest BCUT2D eigenvalue weighted by atomic mass is 32.2. The average Bonchev–Trinajstić information content (AvgIpc) is 3.53. The minimum atomic E-state index is -2.31. The summed E-state index contributed by atoms with van der Waals surface area (Å²) in [4.78, 5) is 11.6. The summed E-state index contributed by atoms with van der Waals surface area (Å²) in [6.07, 6.45) is 0. The van der Waals surface area contributed by atoms with Crippen molar-refractivity contribution in [2.75, 3.05) is 4.31 Å². The fourth-order valence-electron chi connectivity index (χ4n) is 7.01. The number of benzene rings is 7. The third kappa shape index (κ3) is 3.67. The van der Waals surface area contributed by atoms with E-state index in [0.29, 0.717) is 17.2 Å². The van der Waals surface area contributed by atoms with E-state index in [1.165, 1.54) is 47.3 Å². The Morgan fingerprint density at radius 3 is 2.22 bits per heavy atom. The van der Waals surface area contributed by atoms with Crippen molar-refractivity contribution < 1.29 is 4.11 Å². The fraction of sp³-hybridized carbons (Fsp3) is 0.0244. The van der Waals surface area contributed by atoms with Crippen LogP contribution >= 0.6 is 23.3 Å². The molecule has 10 rings (SSSR count). The lowest BCUT2D eigenvalue weighted by Crippen LogP contribution is -2.16. The Kier molecular flexibility index (Phi) is 4.98. The van der Waals surface area contributed by atoms with Gasteiger partial charge < -0.3 is 0 Å². The third-order valence-corrected chi connectivity index (χ3v) is 11.2. The quantitative estimate of drug-likeness (QED) is 0.179. The van der Waals surface area contributed by atoms with Gasteiger partial charge >= 0.3 is 0 Å². The molecule has 0 bridgehead atoms. The first-order valence-electron chi connectivity index (χ1n) is 16.7. The smallest absolute Gasteiger partial charge is 0.241 e. The highest BCUT2D eigenvalue weighted by molar-refractivity contribution is 8.01. The Morgan fingerprint density at radius 1 is 0.609 bits per heavy atom. The van der Waals surface area contributed by atoms with E-state index in [1.54, 1.807) is 35.4 Å². The molecule has 9 aromatic rings. The second-order valence-corrected chi connectivity index (χ2v) is 13.6. The molecule has 0 N–H and O–H groups in total. The summed E-state index contributed by atoms with van der Waals surface area (Å²) < 4.78 is 29.7. The molecule has 3 nitrogen and oxygen atoms in total. The van der Waals surface area contributed by atoms with Crippen molar-refractivity contribution in [3.8, 4) is 22.4 Å². The average molecular weight is 627 g/mol. The van der Waals surface area contributed by atoms with Crippen LogP contribution in [0.25, 0.3) is 75.0 Å². The molecule has 46 heavy (non-hydrogen) atoms. The lowest BCUT2D eigenvalue weighted by molar-refractivity contribution is 1.16. The van der Waals surface area contributed by atoms with Crippen molar-refractivity contribution in [1.29, 1.82) is 0 Å². The number of rotatable bonds is 2. The molecule has 0 amide bonds. The van der Waals surface area contributed by atoms with Crippen LogP contribution in [-0.2, 0) is 0 Å². The van der Waals surface area contributed by atoms with Crippen LogP contribution in [0, 0.1) is 6.85 Å². The maximum absolute atomic E-state index is 8.36. The molecule has 0 saturated carbocycles. The van der Waals surface area contributed by atoms with Crippen molar-refractivity contribution in [1.82, 2.24) is 9.97 Å². The van der Waals surface area contributed by atoms with Gasteiger partial charge in [-0.3, -0.25) is 0 Å². The Balaban J connectivity index is 1.36. The molecule has 3 heterocycles. The van der Waals surface area contributed by atoms with Crippen molar-refractivity contribution in [3.05, 3.63) is 139 Å². The summed E-state index contributed by atoms with van der Waals surface area (Å²) in [5.41, 5.74) is 5.62. The van der Waals surface area contributed by atoms with Gasteiger partial charge in [-0.1, -0.05) is 115 Å². The van der Waals surface area contributed by atoms with Crippen LogP contribution in [0.3, 0.4) is 0 Å². The fourth-order valence-corrected chi connectivity index (χ4v) is 9.39. The first-order valence-corrected chi connectivity index (χ1v) is 16.8. The molecule has 1 aliphatic heterocycles. The lowest BCUT2D eigenvalue weighted by Gasteiger charge is -2.32. The second kappa shape index (κ2) is 9.88. The predicted octanol–water partition coefficient (Wildman–Crippen LogP) is 12.1. The molecular formula is C41H25N3S2. The number of hydrogen-bond acceptors (Lipinski definition) is 5. The monoisotopic (exact) mass is 626 g/mol. The summed E-state index contributed by atoms with van der Waals surface area (Å²) in [7, 11) is 0. The molecule has 7 aromatic carbocycles. The molecule has 5 heteroatoms. The molecule has 2 aromatic heterocycles. The summed E-state index contributed by atoms with van der Waals surface area (Å²) in [5, 5.41) is 8.02. The van der Waals surface area contributed by atoms with Crippen molar-refractivity contribution >= 4 is 87.5 Å². The van der Waals surface area contributed by atoms with Gasteiger partial charge in [-0.05, 0) is 64.1 Å². The van der Waals surface area contributed by atoms with E-state index >= 15 is 0 Å². The number of para-hydroxylation sites is 1. The van der Waals surface area contributed by atoms with E-state index in [2.05, 4.69) is 89.2 Å².